The molecule has 0 nitrogen and oxygen atoms in total. The maximum Gasteiger partial charge on any atom is -0.0160 e. The molecule has 1 radical (unpaired) electrons. The minimum Gasteiger partial charge on any atom is -0.0882 e. The molecule has 0 unspecified atom stereocenters. The SMILES string of the molecule is [C]1=CCC=CC=CCC=CCCC1. The highest BCUT2D eigenvalue weighted by Crippen LogP contribution is 2.00. The molecule has 1 aliphatic rings. The van der Waals surface area contributed by atoms with Crippen LogP contribution in [0.25, 0.3) is 0 Å². The molecule has 69 valence electrons. The topological polar surface area (TPSA) is 0 Å². The molecule has 1 rings (SSSR count). The van der Waals surface area contributed by atoms with Crippen molar-refractivity contribution in [2.75, 3.05) is 0 Å². The molecular formula is C13H17. The van der Waals surface area contributed by atoms with Crippen LogP contribution in [0.5, 0.6) is 0 Å². The van der Waals surface area contributed by atoms with Gasteiger partial charge in [0.15, 0.2) is 0 Å². The van der Waals surface area contributed by atoms with E-state index >= 15 is 0 Å². The first-order valence-corrected chi connectivity index (χ1v) is 5.02. The molecule has 0 N–H and O–H groups in total. The van der Waals surface area contributed by atoms with Crippen molar-refractivity contribution < 1.29 is 0 Å². The molecule has 0 bridgehead atoms. The molecule has 0 heterocycles. The number of hydrogen-bond donors (Lipinski definition) is 0. The van der Waals surface area contributed by atoms with E-state index in [0.717, 1.165) is 19.3 Å². The second-order valence-corrected chi connectivity index (χ2v) is 3.10. The first-order chi connectivity index (χ1) is 6.50. The van der Waals surface area contributed by atoms with E-state index in [4.69, 9.17) is 0 Å². The largest absolute Gasteiger partial charge is 0.0882 e. The predicted octanol–water partition coefficient (Wildman–Crippen LogP) is 3.98. The van der Waals surface area contributed by atoms with E-state index in [-0.39, 0.29) is 0 Å². The number of allylic oxidation sites excluding steroid dienone is 8. The fourth-order valence-electron chi connectivity index (χ4n) is 1.18. The van der Waals surface area contributed by atoms with E-state index in [1.165, 1.54) is 12.8 Å². The van der Waals surface area contributed by atoms with Crippen molar-refractivity contribution in [1.29, 1.82) is 0 Å². The van der Waals surface area contributed by atoms with Gasteiger partial charge in [-0.25, -0.2) is 0 Å². The highest BCUT2D eigenvalue weighted by Gasteiger charge is 1.81. The Morgan fingerprint density at radius 3 is 2.62 bits per heavy atom. The van der Waals surface area contributed by atoms with Crippen molar-refractivity contribution in [3.63, 3.8) is 0 Å². The summed E-state index contributed by atoms with van der Waals surface area (Å²) in [6.45, 7) is 0. The van der Waals surface area contributed by atoms with Gasteiger partial charge in [-0.3, -0.25) is 0 Å². The molecule has 0 amide bonds. The lowest BCUT2D eigenvalue weighted by atomic mass is 10.2. The third-order valence-corrected chi connectivity index (χ3v) is 1.91. The van der Waals surface area contributed by atoms with Crippen LogP contribution < -0.4 is 0 Å². The van der Waals surface area contributed by atoms with Crippen LogP contribution in [0.2, 0.25) is 0 Å². The van der Waals surface area contributed by atoms with Gasteiger partial charge < -0.3 is 0 Å². The number of hydrogen-bond acceptors (Lipinski definition) is 0. The van der Waals surface area contributed by atoms with E-state index in [9.17, 15) is 0 Å². The van der Waals surface area contributed by atoms with Crippen molar-refractivity contribution >= 4 is 0 Å². The Labute approximate surface area is 81.4 Å². The van der Waals surface area contributed by atoms with Crippen molar-refractivity contribution in [2.24, 2.45) is 0 Å². The molecule has 0 atom stereocenters. The molecular weight excluding hydrogens is 156 g/mol. The van der Waals surface area contributed by atoms with Crippen LogP contribution >= 0.6 is 0 Å². The van der Waals surface area contributed by atoms with Crippen molar-refractivity contribution in [1.82, 2.24) is 0 Å². The van der Waals surface area contributed by atoms with Gasteiger partial charge in [0.1, 0.15) is 0 Å². The van der Waals surface area contributed by atoms with Crippen LogP contribution in [0, 0.1) is 6.08 Å². The molecule has 1 aliphatic carbocycles. The second kappa shape index (κ2) is 7.60. The molecule has 0 aromatic heterocycles. The third kappa shape index (κ3) is 6.15. The molecule has 13 heavy (non-hydrogen) atoms. The van der Waals surface area contributed by atoms with Gasteiger partial charge in [-0.2, -0.15) is 0 Å². The molecule has 0 aromatic carbocycles. The van der Waals surface area contributed by atoms with Gasteiger partial charge in [-0.1, -0.05) is 42.5 Å². The van der Waals surface area contributed by atoms with Crippen LogP contribution in [0.15, 0.2) is 42.5 Å². The Morgan fingerprint density at radius 1 is 0.846 bits per heavy atom. The molecule has 0 spiro atoms. The standard InChI is InChI=1S/C13H17/c1-2-4-6-8-10-12-13-11-9-7-5-3-1/h1-4,7-9H,5-6,11-13H2. The summed E-state index contributed by atoms with van der Waals surface area (Å²) in [6.07, 6.45) is 24.0. The van der Waals surface area contributed by atoms with Gasteiger partial charge in [0.05, 0.1) is 0 Å². The van der Waals surface area contributed by atoms with Crippen LogP contribution in [0.1, 0.15) is 32.1 Å². The quantitative estimate of drug-likeness (QED) is 0.486. The number of rotatable bonds is 0. The Morgan fingerprint density at radius 2 is 1.69 bits per heavy atom. The summed E-state index contributed by atoms with van der Waals surface area (Å²) in [5.41, 5.74) is 0. The molecule has 0 fully saturated rings. The van der Waals surface area contributed by atoms with Gasteiger partial charge in [-0.05, 0) is 38.2 Å². The van der Waals surface area contributed by atoms with Crippen LogP contribution in [0.3, 0.4) is 0 Å². The lowest BCUT2D eigenvalue weighted by Gasteiger charge is -1.88. The van der Waals surface area contributed by atoms with Gasteiger partial charge in [-0.15, -0.1) is 0 Å². The first-order valence-electron chi connectivity index (χ1n) is 5.02. The summed E-state index contributed by atoms with van der Waals surface area (Å²) in [6, 6.07) is 0. The Hall–Kier alpha value is -1.04. The van der Waals surface area contributed by atoms with Crippen molar-refractivity contribution in [2.45, 2.75) is 32.1 Å². The summed E-state index contributed by atoms with van der Waals surface area (Å²) in [5, 5.41) is 0. The average Bonchev–Trinajstić information content (AvgIpc) is 2.18. The van der Waals surface area contributed by atoms with Crippen LogP contribution in [-0.4, -0.2) is 0 Å². The highest BCUT2D eigenvalue weighted by molar-refractivity contribution is 5.06. The van der Waals surface area contributed by atoms with E-state index < -0.39 is 0 Å². The Kier molecular flexibility index (Phi) is 5.87. The minimum absolute atomic E-state index is 1.01. The Balaban J connectivity index is 2.38. The van der Waals surface area contributed by atoms with E-state index in [0.29, 0.717) is 0 Å². The van der Waals surface area contributed by atoms with Crippen molar-refractivity contribution in [3.05, 3.63) is 48.6 Å². The van der Waals surface area contributed by atoms with Gasteiger partial charge >= 0.3 is 0 Å². The lowest BCUT2D eigenvalue weighted by molar-refractivity contribution is 0.850. The van der Waals surface area contributed by atoms with E-state index in [2.05, 4.69) is 48.6 Å². The van der Waals surface area contributed by atoms with Crippen LogP contribution in [0.4, 0.5) is 0 Å². The summed E-state index contributed by atoms with van der Waals surface area (Å²) >= 11 is 0. The maximum atomic E-state index is 3.29. The van der Waals surface area contributed by atoms with E-state index in [1.54, 1.807) is 0 Å². The highest BCUT2D eigenvalue weighted by atomic mass is 13.9. The van der Waals surface area contributed by atoms with Gasteiger partial charge in [0, 0.05) is 0 Å². The molecule has 0 aromatic rings. The second-order valence-electron chi connectivity index (χ2n) is 3.10. The molecule has 0 heteroatoms. The van der Waals surface area contributed by atoms with Gasteiger partial charge in [0.25, 0.3) is 0 Å². The summed E-state index contributed by atoms with van der Waals surface area (Å²) in [7, 11) is 0. The molecule has 0 aliphatic heterocycles. The first kappa shape index (κ1) is 10.0. The average molecular weight is 173 g/mol. The molecule has 0 saturated carbocycles. The monoisotopic (exact) mass is 173 g/mol. The maximum absolute atomic E-state index is 3.29. The zero-order chi connectivity index (χ0) is 9.19. The normalized spacial score (nSPS) is 19.1. The van der Waals surface area contributed by atoms with Gasteiger partial charge in [0.2, 0.25) is 0 Å². The van der Waals surface area contributed by atoms with Crippen LogP contribution in [-0.2, 0) is 0 Å². The minimum atomic E-state index is 1.01. The third-order valence-electron chi connectivity index (χ3n) is 1.91. The fraction of sp³-hybridized carbons (Fsp3) is 0.385. The Bertz CT molecular complexity index is 192. The zero-order valence-corrected chi connectivity index (χ0v) is 8.08. The fourth-order valence-corrected chi connectivity index (χ4v) is 1.18. The summed E-state index contributed by atoms with van der Waals surface area (Å²) in [5.74, 6) is 0. The summed E-state index contributed by atoms with van der Waals surface area (Å²) in [4.78, 5) is 0. The van der Waals surface area contributed by atoms with E-state index in [1.807, 2.05) is 0 Å². The zero-order valence-electron chi connectivity index (χ0n) is 8.08. The van der Waals surface area contributed by atoms with Crippen molar-refractivity contribution in [3.8, 4) is 0 Å². The smallest absolute Gasteiger partial charge is 0.0160 e. The molecule has 0 saturated heterocycles. The summed E-state index contributed by atoms with van der Waals surface area (Å²) < 4.78 is 0. The lowest BCUT2D eigenvalue weighted by Crippen LogP contribution is -1.69. The predicted molar refractivity (Wildman–Crippen MR) is 58.3 cm³/mol.